The molecule has 0 heterocycles. The molecule has 27 heavy (non-hydrogen) atoms. The standard InChI is InChI=1S/C18H17FN2O6/c1-11(2)27-18(23)12-3-6-14(7-4-12)26-10-17(22)20-16-9-13(21(24)25)5-8-15(16)19/h3-9,11H,10H2,1-2H3,(H,20,22). The molecule has 0 aromatic heterocycles. The van der Waals surface area contributed by atoms with E-state index in [1.54, 1.807) is 13.8 Å². The van der Waals surface area contributed by atoms with Gasteiger partial charge >= 0.3 is 5.97 Å². The molecule has 0 fully saturated rings. The van der Waals surface area contributed by atoms with Crippen LogP contribution in [0.2, 0.25) is 0 Å². The Kier molecular flexibility index (Phi) is 6.42. The van der Waals surface area contributed by atoms with Crippen LogP contribution in [-0.2, 0) is 9.53 Å². The molecule has 0 atom stereocenters. The fourth-order valence-corrected chi connectivity index (χ4v) is 2.03. The summed E-state index contributed by atoms with van der Waals surface area (Å²) in [6, 6.07) is 8.74. The van der Waals surface area contributed by atoms with Gasteiger partial charge in [-0.3, -0.25) is 14.9 Å². The quantitative estimate of drug-likeness (QED) is 0.451. The Labute approximate surface area is 154 Å². The maximum Gasteiger partial charge on any atom is 0.338 e. The zero-order valence-electron chi connectivity index (χ0n) is 14.6. The number of ether oxygens (including phenoxy) is 2. The van der Waals surface area contributed by atoms with Crippen LogP contribution >= 0.6 is 0 Å². The van der Waals surface area contributed by atoms with Gasteiger partial charge in [0.2, 0.25) is 0 Å². The lowest BCUT2D eigenvalue weighted by Gasteiger charge is -2.10. The van der Waals surface area contributed by atoms with Crippen LogP contribution in [0.25, 0.3) is 0 Å². The summed E-state index contributed by atoms with van der Waals surface area (Å²) in [7, 11) is 0. The number of halogens is 1. The van der Waals surface area contributed by atoms with Gasteiger partial charge in [0.1, 0.15) is 11.6 Å². The second-order valence-electron chi connectivity index (χ2n) is 5.74. The molecule has 1 N–H and O–H groups in total. The van der Waals surface area contributed by atoms with Crippen molar-refractivity contribution in [2.24, 2.45) is 0 Å². The van der Waals surface area contributed by atoms with E-state index in [9.17, 15) is 24.1 Å². The molecule has 142 valence electrons. The maximum absolute atomic E-state index is 13.6. The number of hydrogen-bond acceptors (Lipinski definition) is 6. The molecule has 0 spiro atoms. The second-order valence-corrected chi connectivity index (χ2v) is 5.74. The highest BCUT2D eigenvalue weighted by Crippen LogP contribution is 2.21. The number of rotatable bonds is 7. The molecule has 0 radical (unpaired) electrons. The molecule has 0 aliphatic carbocycles. The highest BCUT2D eigenvalue weighted by molar-refractivity contribution is 5.92. The van der Waals surface area contributed by atoms with E-state index in [1.807, 2.05) is 0 Å². The van der Waals surface area contributed by atoms with Gasteiger partial charge < -0.3 is 14.8 Å². The van der Waals surface area contributed by atoms with Crippen LogP contribution in [-0.4, -0.2) is 29.5 Å². The fraction of sp³-hybridized carbons (Fsp3) is 0.222. The Bertz CT molecular complexity index is 851. The Balaban J connectivity index is 1.93. The topological polar surface area (TPSA) is 108 Å². The highest BCUT2D eigenvalue weighted by atomic mass is 19.1. The summed E-state index contributed by atoms with van der Waals surface area (Å²) in [4.78, 5) is 33.6. The summed E-state index contributed by atoms with van der Waals surface area (Å²) in [5.74, 6) is -1.67. The number of amides is 1. The first kappa shape index (κ1) is 19.8. The number of carbonyl (C=O) groups is 2. The van der Waals surface area contributed by atoms with Crippen LogP contribution < -0.4 is 10.1 Å². The molecule has 0 aliphatic heterocycles. The van der Waals surface area contributed by atoms with Gasteiger partial charge in [-0.2, -0.15) is 0 Å². The largest absolute Gasteiger partial charge is 0.484 e. The van der Waals surface area contributed by atoms with Gasteiger partial charge in [0, 0.05) is 12.1 Å². The van der Waals surface area contributed by atoms with E-state index in [-0.39, 0.29) is 17.5 Å². The van der Waals surface area contributed by atoms with Crippen molar-refractivity contribution in [2.45, 2.75) is 20.0 Å². The van der Waals surface area contributed by atoms with Crippen molar-refractivity contribution >= 4 is 23.3 Å². The number of hydrogen-bond donors (Lipinski definition) is 1. The number of nitro benzene ring substituents is 1. The zero-order chi connectivity index (χ0) is 20.0. The Morgan fingerprint density at radius 1 is 1.19 bits per heavy atom. The van der Waals surface area contributed by atoms with Gasteiger partial charge in [0.25, 0.3) is 11.6 Å². The first-order valence-electron chi connectivity index (χ1n) is 7.94. The molecule has 2 aromatic carbocycles. The number of benzene rings is 2. The molecule has 0 aliphatic rings. The summed E-state index contributed by atoms with van der Waals surface area (Å²) in [5, 5.41) is 12.9. The van der Waals surface area contributed by atoms with E-state index in [4.69, 9.17) is 9.47 Å². The minimum absolute atomic E-state index is 0.244. The Morgan fingerprint density at radius 3 is 2.44 bits per heavy atom. The molecule has 8 nitrogen and oxygen atoms in total. The lowest BCUT2D eigenvalue weighted by Crippen LogP contribution is -2.21. The summed E-state index contributed by atoms with van der Waals surface area (Å²) < 4.78 is 23.9. The average Bonchev–Trinajstić information content (AvgIpc) is 2.61. The van der Waals surface area contributed by atoms with E-state index < -0.39 is 29.2 Å². The van der Waals surface area contributed by atoms with E-state index in [2.05, 4.69) is 5.32 Å². The number of nitrogens with zero attached hydrogens (tertiary/aromatic N) is 1. The summed E-state index contributed by atoms with van der Waals surface area (Å²) in [6.45, 7) is 3.02. The van der Waals surface area contributed by atoms with E-state index in [0.717, 1.165) is 18.2 Å². The molecule has 2 rings (SSSR count). The number of esters is 1. The third-order valence-corrected chi connectivity index (χ3v) is 3.24. The van der Waals surface area contributed by atoms with Crippen LogP contribution in [0.15, 0.2) is 42.5 Å². The first-order valence-corrected chi connectivity index (χ1v) is 7.94. The summed E-state index contributed by atoms with van der Waals surface area (Å²) >= 11 is 0. The Hall–Kier alpha value is -3.49. The van der Waals surface area contributed by atoms with Gasteiger partial charge in [0.05, 0.1) is 22.3 Å². The predicted molar refractivity (Wildman–Crippen MR) is 94.2 cm³/mol. The number of carbonyl (C=O) groups excluding carboxylic acids is 2. The third kappa shape index (κ3) is 5.77. The van der Waals surface area contributed by atoms with Gasteiger partial charge in [0.15, 0.2) is 6.61 Å². The summed E-state index contributed by atoms with van der Waals surface area (Å²) in [5.41, 5.74) is -0.333. The SMILES string of the molecule is CC(C)OC(=O)c1ccc(OCC(=O)Nc2cc([N+](=O)[O-])ccc2F)cc1. The van der Waals surface area contributed by atoms with Gasteiger partial charge in [-0.05, 0) is 44.2 Å². The van der Waals surface area contributed by atoms with Gasteiger partial charge in [-0.1, -0.05) is 0 Å². The van der Waals surface area contributed by atoms with E-state index in [0.29, 0.717) is 11.3 Å². The monoisotopic (exact) mass is 376 g/mol. The van der Waals surface area contributed by atoms with Crippen LogP contribution in [0.1, 0.15) is 24.2 Å². The van der Waals surface area contributed by atoms with Crippen molar-refractivity contribution in [1.29, 1.82) is 0 Å². The van der Waals surface area contributed by atoms with Crippen molar-refractivity contribution < 1.29 is 28.4 Å². The molecule has 1 amide bonds. The molecule has 0 bridgehead atoms. The van der Waals surface area contributed by atoms with E-state index >= 15 is 0 Å². The zero-order valence-corrected chi connectivity index (χ0v) is 14.6. The van der Waals surface area contributed by atoms with Gasteiger partial charge in [-0.25, -0.2) is 9.18 Å². The Morgan fingerprint density at radius 2 is 1.85 bits per heavy atom. The summed E-state index contributed by atoms with van der Waals surface area (Å²) in [6.07, 6.45) is -0.244. The van der Waals surface area contributed by atoms with E-state index in [1.165, 1.54) is 24.3 Å². The van der Waals surface area contributed by atoms with Crippen LogP contribution in [0.3, 0.4) is 0 Å². The first-order chi connectivity index (χ1) is 12.8. The normalized spacial score (nSPS) is 10.4. The molecule has 9 heteroatoms. The molecule has 0 unspecified atom stereocenters. The number of nitro groups is 1. The number of non-ortho nitro benzene ring substituents is 1. The van der Waals surface area contributed by atoms with Crippen molar-refractivity contribution in [3.05, 3.63) is 64.0 Å². The van der Waals surface area contributed by atoms with Crippen LogP contribution in [0.5, 0.6) is 5.75 Å². The van der Waals surface area contributed by atoms with Crippen molar-refractivity contribution in [3.63, 3.8) is 0 Å². The minimum atomic E-state index is -0.804. The molecule has 0 saturated carbocycles. The van der Waals surface area contributed by atoms with Crippen molar-refractivity contribution in [3.8, 4) is 5.75 Å². The van der Waals surface area contributed by atoms with Gasteiger partial charge in [-0.15, -0.1) is 0 Å². The smallest absolute Gasteiger partial charge is 0.338 e. The van der Waals surface area contributed by atoms with Crippen LogP contribution in [0.4, 0.5) is 15.8 Å². The molecule has 0 saturated heterocycles. The van der Waals surface area contributed by atoms with Crippen molar-refractivity contribution in [2.75, 3.05) is 11.9 Å². The predicted octanol–water partition coefficient (Wildman–Crippen LogP) is 3.32. The lowest BCUT2D eigenvalue weighted by molar-refractivity contribution is -0.384. The average molecular weight is 376 g/mol. The highest BCUT2D eigenvalue weighted by Gasteiger charge is 2.14. The number of anilines is 1. The second kappa shape index (κ2) is 8.75. The van der Waals surface area contributed by atoms with Crippen LogP contribution in [0, 0.1) is 15.9 Å². The third-order valence-electron chi connectivity index (χ3n) is 3.24. The fourth-order valence-electron chi connectivity index (χ4n) is 2.03. The minimum Gasteiger partial charge on any atom is -0.484 e. The molecular weight excluding hydrogens is 359 g/mol. The maximum atomic E-state index is 13.6. The molecule has 2 aromatic rings. The van der Waals surface area contributed by atoms with Crippen molar-refractivity contribution in [1.82, 2.24) is 0 Å². The lowest BCUT2D eigenvalue weighted by atomic mass is 10.2. The molecular formula is C18H17FN2O6. The number of nitrogens with one attached hydrogen (secondary N) is 1.